The van der Waals surface area contributed by atoms with Crippen molar-refractivity contribution >= 4 is 33.2 Å². The summed E-state index contributed by atoms with van der Waals surface area (Å²) in [7, 11) is 0. The quantitative estimate of drug-likeness (QED) is 0.854. The highest BCUT2D eigenvalue weighted by Crippen LogP contribution is 2.28. The Morgan fingerprint density at radius 2 is 2.06 bits per heavy atom. The summed E-state index contributed by atoms with van der Waals surface area (Å²) in [5, 5.41) is 13.8. The van der Waals surface area contributed by atoms with Crippen molar-refractivity contribution in [2.24, 2.45) is 0 Å². The van der Waals surface area contributed by atoms with Crippen molar-refractivity contribution in [3.63, 3.8) is 0 Å². The fourth-order valence-electron chi connectivity index (χ4n) is 1.60. The first-order chi connectivity index (χ1) is 8.58. The van der Waals surface area contributed by atoms with E-state index in [2.05, 4.69) is 21.2 Å². The SMILES string of the molecule is Cc1ccc(NCc2cccc(Br)c2O)cc1Cl. The van der Waals surface area contributed by atoms with Crippen molar-refractivity contribution in [1.82, 2.24) is 0 Å². The molecule has 0 amide bonds. The van der Waals surface area contributed by atoms with Crippen molar-refractivity contribution in [3.8, 4) is 5.75 Å². The van der Waals surface area contributed by atoms with Crippen LogP contribution in [-0.4, -0.2) is 5.11 Å². The molecule has 2 aromatic rings. The number of anilines is 1. The summed E-state index contributed by atoms with van der Waals surface area (Å²) in [4.78, 5) is 0. The zero-order valence-electron chi connectivity index (χ0n) is 9.87. The second kappa shape index (κ2) is 5.63. The molecule has 0 saturated heterocycles. The molecule has 2 aromatic carbocycles. The minimum Gasteiger partial charge on any atom is -0.506 e. The van der Waals surface area contributed by atoms with E-state index in [-0.39, 0.29) is 5.75 Å². The van der Waals surface area contributed by atoms with Gasteiger partial charge >= 0.3 is 0 Å². The van der Waals surface area contributed by atoms with Crippen LogP contribution >= 0.6 is 27.5 Å². The van der Waals surface area contributed by atoms with Crippen molar-refractivity contribution in [1.29, 1.82) is 0 Å². The highest BCUT2D eigenvalue weighted by atomic mass is 79.9. The summed E-state index contributed by atoms with van der Waals surface area (Å²) >= 11 is 9.35. The van der Waals surface area contributed by atoms with Gasteiger partial charge in [-0.3, -0.25) is 0 Å². The lowest BCUT2D eigenvalue weighted by atomic mass is 10.2. The summed E-state index contributed by atoms with van der Waals surface area (Å²) in [6, 6.07) is 11.4. The third kappa shape index (κ3) is 2.98. The van der Waals surface area contributed by atoms with Gasteiger partial charge in [0.25, 0.3) is 0 Å². The van der Waals surface area contributed by atoms with Gasteiger partial charge in [-0.1, -0.05) is 29.8 Å². The van der Waals surface area contributed by atoms with E-state index in [0.717, 1.165) is 21.8 Å². The monoisotopic (exact) mass is 325 g/mol. The second-order valence-electron chi connectivity index (χ2n) is 4.07. The van der Waals surface area contributed by atoms with Crippen molar-refractivity contribution in [2.75, 3.05) is 5.32 Å². The molecule has 0 aliphatic rings. The average molecular weight is 327 g/mol. The molecular weight excluding hydrogens is 314 g/mol. The molecule has 2 nitrogen and oxygen atoms in total. The summed E-state index contributed by atoms with van der Waals surface area (Å²) in [5.41, 5.74) is 2.82. The van der Waals surface area contributed by atoms with Crippen LogP contribution in [0.25, 0.3) is 0 Å². The van der Waals surface area contributed by atoms with E-state index in [1.165, 1.54) is 0 Å². The van der Waals surface area contributed by atoms with Crippen LogP contribution < -0.4 is 5.32 Å². The second-order valence-corrected chi connectivity index (χ2v) is 5.33. The van der Waals surface area contributed by atoms with Gasteiger partial charge < -0.3 is 10.4 Å². The van der Waals surface area contributed by atoms with Gasteiger partial charge in [0.15, 0.2) is 0 Å². The van der Waals surface area contributed by atoms with Crippen LogP contribution in [-0.2, 0) is 6.54 Å². The van der Waals surface area contributed by atoms with Crippen molar-refractivity contribution < 1.29 is 5.11 Å². The molecule has 2 rings (SSSR count). The first-order valence-corrected chi connectivity index (χ1v) is 6.71. The third-order valence-corrected chi connectivity index (χ3v) is 3.77. The van der Waals surface area contributed by atoms with Gasteiger partial charge in [-0.25, -0.2) is 0 Å². The van der Waals surface area contributed by atoms with Crippen LogP contribution in [0.3, 0.4) is 0 Å². The largest absolute Gasteiger partial charge is 0.506 e. The van der Waals surface area contributed by atoms with Gasteiger partial charge in [0.1, 0.15) is 5.75 Å². The molecule has 0 unspecified atom stereocenters. The highest BCUT2D eigenvalue weighted by Gasteiger charge is 2.04. The van der Waals surface area contributed by atoms with E-state index >= 15 is 0 Å². The normalized spacial score (nSPS) is 10.4. The number of hydrogen-bond acceptors (Lipinski definition) is 2. The molecule has 0 radical (unpaired) electrons. The molecule has 4 heteroatoms. The number of aryl methyl sites for hydroxylation is 1. The minimum atomic E-state index is 0.267. The van der Waals surface area contributed by atoms with Crippen LogP contribution in [0.5, 0.6) is 5.75 Å². The van der Waals surface area contributed by atoms with E-state index < -0.39 is 0 Å². The Morgan fingerprint density at radius 1 is 1.28 bits per heavy atom. The van der Waals surface area contributed by atoms with Crippen LogP contribution in [0.4, 0.5) is 5.69 Å². The minimum absolute atomic E-state index is 0.267. The van der Waals surface area contributed by atoms with Gasteiger partial charge in [-0.05, 0) is 46.6 Å². The Morgan fingerprint density at radius 3 is 2.78 bits per heavy atom. The number of rotatable bonds is 3. The molecule has 18 heavy (non-hydrogen) atoms. The fourth-order valence-corrected chi connectivity index (χ4v) is 2.19. The number of benzene rings is 2. The highest BCUT2D eigenvalue weighted by molar-refractivity contribution is 9.10. The van der Waals surface area contributed by atoms with Crippen LogP contribution in [0.1, 0.15) is 11.1 Å². The van der Waals surface area contributed by atoms with Crippen LogP contribution in [0.2, 0.25) is 5.02 Å². The average Bonchev–Trinajstić information content (AvgIpc) is 2.35. The number of phenolic OH excluding ortho intramolecular Hbond substituents is 1. The number of para-hydroxylation sites is 1. The smallest absolute Gasteiger partial charge is 0.134 e. The number of aromatic hydroxyl groups is 1. The Bertz CT molecular complexity index is 572. The molecule has 94 valence electrons. The molecule has 0 aromatic heterocycles. The van der Waals surface area contributed by atoms with Gasteiger partial charge in [0.2, 0.25) is 0 Å². The Balaban J connectivity index is 2.11. The first kappa shape index (κ1) is 13.2. The third-order valence-electron chi connectivity index (χ3n) is 2.73. The lowest BCUT2D eigenvalue weighted by Gasteiger charge is -2.10. The van der Waals surface area contributed by atoms with E-state index in [9.17, 15) is 5.11 Å². The number of hydrogen-bond donors (Lipinski definition) is 2. The molecule has 2 N–H and O–H groups in total. The number of halogens is 2. The van der Waals surface area contributed by atoms with Gasteiger partial charge in [0, 0.05) is 22.8 Å². The molecular formula is C14H13BrClNO. The maximum absolute atomic E-state index is 9.86. The van der Waals surface area contributed by atoms with Crippen molar-refractivity contribution in [3.05, 3.63) is 57.0 Å². The Hall–Kier alpha value is -1.19. The summed E-state index contributed by atoms with van der Waals surface area (Å²) < 4.78 is 0.698. The molecule has 0 saturated carbocycles. The van der Waals surface area contributed by atoms with Crippen LogP contribution in [0.15, 0.2) is 40.9 Å². The molecule has 0 aliphatic carbocycles. The first-order valence-electron chi connectivity index (χ1n) is 5.54. The zero-order chi connectivity index (χ0) is 13.1. The molecule has 0 aliphatic heterocycles. The Kier molecular flexibility index (Phi) is 4.15. The molecule has 0 atom stereocenters. The predicted octanol–water partition coefficient (Wildman–Crippen LogP) is 4.73. The molecule has 0 heterocycles. The van der Waals surface area contributed by atoms with Gasteiger partial charge in [-0.2, -0.15) is 0 Å². The Labute approximate surface area is 120 Å². The molecule has 0 bridgehead atoms. The maximum Gasteiger partial charge on any atom is 0.134 e. The predicted molar refractivity (Wildman–Crippen MR) is 79.3 cm³/mol. The topological polar surface area (TPSA) is 32.3 Å². The lowest BCUT2D eigenvalue weighted by molar-refractivity contribution is 0.465. The number of phenols is 1. The van der Waals surface area contributed by atoms with E-state index in [1.54, 1.807) is 0 Å². The fraction of sp³-hybridized carbons (Fsp3) is 0.143. The van der Waals surface area contributed by atoms with Crippen LogP contribution in [0, 0.1) is 6.92 Å². The van der Waals surface area contributed by atoms with E-state index in [1.807, 2.05) is 43.3 Å². The maximum atomic E-state index is 9.86. The van der Waals surface area contributed by atoms with E-state index in [4.69, 9.17) is 11.6 Å². The summed E-state index contributed by atoms with van der Waals surface area (Å²) in [5.74, 6) is 0.267. The van der Waals surface area contributed by atoms with Crippen molar-refractivity contribution in [2.45, 2.75) is 13.5 Å². The zero-order valence-corrected chi connectivity index (χ0v) is 12.2. The summed E-state index contributed by atoms with van der Waals surface area (Å²) in [6.07, 6.45) is 0. The molecule has 0 fully saturated rings. The molecule has 0 spiro atoms. The van der Waals surface area contributed by atoms with Gasteiger partial charge in [0.05, 0.1) is 4.47 Å². The lowest BCUT2D eigenvalue weighted by Crippen LogP contribution is -2.00. The summed E-state index contributed by atoms with van der Waals surface area (Å²) in [6.45, 7) is 2.51. The standard InChI is InChI=1S/C14H13BrClNO/c1-9-5-6-11(7-13(9)16)17-8-10-3-2-4-12(15)14(10)18/h2-7,17-18H,8H2,1H3. The van der Waals surface area contributed by atoms with E-state index in [0.29, 0.717) is 11.0 Å². The van der Waals surface area contributed by atoms with Gasteiger partial charge in [-0.15, -0.1) is 0 Å². The number of nitrogens with one attached hydrogen (secondary N) is 1.